The maximum absolute atomic E-state index is 11.8. The van der Waals surface area contributed by atoms with Gasteiger partial charge in [0.1, 0.15) is 11.4 Å². The van der Waals surface area contributed by atoms with E-state index in [1.807, 2.05) is 35.1 Å². The number of hydrogen-bond donors (Lipinski definition) is 0. The number of ketones is 1. The van der Waals surface area contributed by atoms with Gasteiger partial charge in [0.25, 0.3) is 0 Å². The summed E-state index contributed by atoms with van der Waals surface area (Å²) < 4.78 is 6.47. The monoisotopic (exact) mass is 1740 g/mol. The molecule has 0 atom stereocenters. The quantitative estimate of drug-likeness (QED) is 0.174. The molecule has 0 radical (unpaired) electrons. The molecular weight excluding hydrogens is 1660 g/mol. The fourth-order valence-electron chi connectivity index (χ4n) is 24.6. The summed E-state index contributed by atoms with van der Waals surface area (Å²) in [5.41, 5.74) is 42.4. The van der Waals surface area contributed by atoms with E-state index >= 15 is 0 Å². The maximum atomic E-state index is 11.8. The Bertz CT molecular complexity index is 8480. The molecule has 14 aromatic carbocycles. The number of benzene rings is 14. The number of nitrogens with zero attached hydrogens (tertiary/aromatic N) is 6. The molecule has 10 heteroatoms. The Kier molecular flexibility index (Phi) is 15.1. The van der Waals surface area contributed by atoms with Crippen LogP contribution in [0, 0.1) is 0 Å². The third-order valence-electron chi connectivity index (χ3n) is 30.0. The molecule has 20 aromatic rings. The minimum absolute atomic E-state index is 0.0243. The summed E-state index contributed by atoms with van der Waals surface area (Å²) in [7, 11) is 0. The smallest absolute Gasteiger partial charge is 0.197 e. The predicted octanol–water partition coefficient (Wildman–Crippen LogP) is 31.5. The van der Waals surface area contributed by atoms with E-state index in [-0.39, 0.29) is 27.4 Å². The first-order valence-corrected chi connectivity index (χ1v) is 46.7. The van der Waals surface area contributed by atoms with Crippen LogP contribution in [0.2, 0.25) is 0 Å². The van der Waals surface area contributed by atoms with Crippen LogP contribution >= 0.6 is 38.6 Å². The summed E-state index contributed by atoms with van der Waals surface area (Å²) in [5.74, 6) is 0.0243. The van der Waals surface area contributed by atoms with Crippen molar-refractivity contribution in [3.63, 3.8) is 0 Å². The molecule has 128 heavy (non-hydrogen) atoms. The molecule has 606 valence electrons. The average Bonchev–Trinajstić information content (AvgIpc) is 1.46. The number of para-hydroxylation sites is 2. The van der Waals surface area contributed by atoms with E-state index in [4.69, 9.17) is 9.97 Å². The number of anilines is 6. The van der Waals surface area contributed by atoms with Gasteiger partial charge in [0.05, 0.1) is 62.1 Å². The molecule has 0 unspecified atom stereocenters. The molecule has 8 heterocycles. The molecule has 0 saturated heterocycles. The number of pyridine rings is 4. The topological polar surface area (TPSA) is 75.1 Å². The Morgan fingerprint density at radius 1 is 0.266 bits per heavy atom. The molecule has 9 aliphatic rings. The van der Waals surface area contributed by atoms with Crippen LogP contribution in [0.25, 0.3) is 153 Å². The van der Waals surface area contributed by atoms with Gasteiger partial charge in [0, 0.05) is 96.7 Å². The van der Waals surface area contributed by atoms with Crippen LogP contribution in [0.3, 0.4) is 0 Å². The van der Waals surface area contributed by atoms with E-state index in [9.17, 15) is 4.79 Å². The summed E-state index contributed by atoms with van der Waals surface area (Å²) in [4.78, 5) is 35.5. The SMILES string of the molecule is CC1(C)c2ccccc2N(c2cccc3c2C(C)(C)c2c-3ccc3c2-c2ccc4c5c(ccc(c25)C32c3cccnc3-c3ncccc32)C=C4)c2cc3sc4ccccc4c3cc21.CC1(C)c2ccccc2N(c2cccc3c2C(C)(C)c2c-3cccc2-c2ccc3c4c(ccc(Br)c24)C=C3)c2cc3sc4ccccc4c3cc21.O=C1c2cccnc2-c2ncccc21. The third-order valence-corrected chi connectivity index (χ3v) is 32.9. The molecule has 0 fully saturated rings. The molecule has 29 rings (SSSR count). The molecule has 6 aromatic heterocycles. The lowest BCUT2D eigenvalue weighted by Gasteiger charge is -2.44. The Morgan fingerprint density at radius 3 is 1.20 bits per heavy atom. The van der Waals surface area contributed by atoms with E-state index in [2.05, 4.69) is 376 Å². The van der Waals surface area contributed by atoms with Gasteiger partial charge in [-0.2, -0.15) is 0 Å². The van der Waals surface area contributed by atoms with Crippen LogP contribution in [0.1, 0.15) is 160 Å². The minimum atomic E-state index is -0.593. The number of thiophene rings is 2. The molecule has 0 amide bonds. The number of fused-ring (bicyclic) bond motifs is 29. The number of hydrogen-bond acceptors (Lipinski definition) is 9. The van der Waals surface area contributed by atoms with Crippen LogP contribution < -0.4 is 9.80 Å². The molecule has 1 spiro atoms. The Balaban J connectivity index is 0.000000116. The summed E-state index contributed by atoms with van der Waals surface area (Å²) in [6.07, 6.45) is 16.3. The van der Waals surface area contributed by atoms with E-state index in [0.717, 1.165) is 15.9 Å². The second-order valence-corrected chi connectivity index (χ2v) is 40.8. The van der Waals surface area contributed by atoms with Crippen molar-refractivity contribution in [1.82, 2.24) is 19.9 Å². The van der Waals surface area contributed by atoms with Crippen molar-refractivity contribution in [3.8, 4) is 67.3 Å². The molecule has 0 saturated carbocycles. The Labute approximate surface area is 757 Å². The lowest BCUT2D eigenvalue weighted by atomic mass is 9.59. The summed E-state index contributed by atoms with van der Waals surface area (Å²) >= 11 is 7.78. The van der Waals surface area contributed by atoms with Crippen molar-refractivity contribution in [2.75, 3.05) is 9.80 Å². The van der Waals surface area contributed by atoms with Gasteiger partial charge in [0.15, 0.2) is 5.78 Å². The Morgan fingerprint density at radius 2 is 0.656 bits per heavy atom. The normalized spacial score (nSPS) is 15.8. The van der Waals surface area contributed by atoms with Crippen molar-refractivity contribution >= 4 is 165 Å². The highest BCUT2D eigenvalue weighted by Crippen LogP contribution is 2.69. The summed E-state index contributed by atoms with van der Waals surface area (Å²) in [5, 5.41) is 10.7. The highest BCUT2D eigenvalue weighted by molar-refractivity contribution is 9.10. The first kappa shape index (κ1) is 74.2. The van der Waals surface area contributed by atoms with Crippen LogP contribution in [-0.4, -0.2) is 25.7 Å². The second kappa shape index (κ2) is 26.0. The lowest BCUT2D eigenvalue weighted by Crippen LogP contribution is -2.33. The summed E-state index contributed by atoms with van der Waals surface area (Å²) in [6.45, 7) is 19.5. The fourth-order valence-corrected chi connectivity index (χ4v) is 27.4. The van der Waals surface area contributed by atoms with Gasteiger partial charge in [-0.25, -0.2) is 0 Å². The van der Waals surface area contributed by atoms with Gasteiger partial charge >= 0.3 is 0 Å². The summed E-state index contributed by atoms with van der Waals surface area (Å²) in [6, 6.07) is 106. The average molecular weight is 1740 g/mol. The number of carbonyl (C=O) groups is 1. The van der Waals surface area contributed by atoms with Crippen molar-refractivity contribution < 1.29 is 4.79 Å². The molecule has 0 bridgehead atoms. The lowest BCUT2D eigenvalue weighted by molar-refractivity contribution is 0.104. The Hall–Kier alpha value is -14.1. The van der Waals surface area contributed by atoms with Gasteiger partial charge in [-0.05, 0) is 253 Å². The zero-order valence-electron chi connectivity index (χ0n) is 71.5. The van der Waals surface area contributed by atoms with Gasteiger partial charge < -0.3 is 9.80 Å². The molecular formula is C118H79BrN6OS2. The largest absolute Gasteiger partial charge is 0.309 e. The first-order valence-electron chi connectivity index (χ1n) is 44.3. The van der Waals surface area contributed by atoms with Gasteiger partial charge in [-0.1, -0.05) is 278 Å². The van der Waals surface area contributed by atoms with E-state index < -0.39 is 5.41 Å². The highest BCUT2D eigenvalue weighted by atomic mass is 79.9. The van der Waals surface area contributed by atoms with E-state index in [0.29, 0.717) is 22.5 Å². The fraction of sp³-hybridized carbons (Fsp3) is 0.110. The van der Waals surface area contributed by atoms with Gasteiger partial charge in [-0.3, -0.25) is 24.7 Å². The first-order chi connectivity index (χ1) is 62.4. The van der Waals surface area contributed by atoms with E-state index in [1.54, 1.807) is 36.7 Å². The maximum Gasteiger partial charge on any atom is 0.197 e. The number of rotatable bonds is 3. The third kappa shape index (κ3) is 9.58. The zero-order valence-corrected chi connectivity index (χ0v) is 74.8. The van der Waals surface area contributed by atoms with Crippen molar-refractivity contribution in [1.29, 1.82) is 0 Å². The predicted molar refractivity (Wildman–Crippen MR) is 536 cm³/mol. The number of halogens is 1. The zero-order chi connectivity index (χ0) is 85.7. The van der Waals surface area contributed by atoms with Gasteiger partial charge in [-0.15, -0.1) is 22.7 Å². The van der Waals surface area contributed by atoms with Crippen molar-refractivity contribution in [3.05, 3.63) is 415 Å². The number of aromatic nitrogens is 4. The van der Waals surface area contributed by atoms with E-state index in [1.165, 1.54) is 230 Å². The molecule has 2 aliphatic heterocycles. The minimum Gasteiger partial charge on any atom is -0.309 e. The van der Waals surface area contributed by atoms with Crippen LogP contribution in [0.15, 0.2) is 314 Å². The van der Waals surface area contributed by atoms with Crippen LogP contribution in [0.5, 0.6) is 0 Å². The van der Waals surface area contributed by atoms with Crippen LogP contribution in [0.4, 0.5) is 34.1 Å². The molecule has 7 aliphatic carbocycles. The molecule has 0 N–H and O–H groups in total. The van der Waals surface area contributed by atoms with Crippen molar-refractivity contribution in [2.24, 2.45) is 0 Å². The van der Waals surface area contributed by atoms with Gasteiger partial charge in [0.2, 0.25) is 0 Å². The molecule has 7 nitrogen and oxygen atoms in total. The standard InChI is InChI=1S/C59H39N3S.C48H34BrNS.C11H6N2O/c1-57(2)39-14-6-7-17-45(39)62(47-31-49-38(30-44(47)57)34-12-5-8-19-48(34)63-49)46-18-9-13-35-36-25-27-41-52(54(36)58(3,4)53(35)46)37-24-22-32-20-21-33-23-26-40(51(37)50(32)33)59(41)42-15-10-28-60-55(42)56-43(59)16-11-29-61-56;1-47(2)35-15-6-7-16-38(35)50(40-26-42-34(25-36(40)47)29-11-5-8-18-41(29)51-42)39-17-10-14-33-32-13-9-12-31(45(32)48(3,4)46(33)39)30-23-21-27-19-20-28-22-24-37(49)44(30)43(27)28;14-11-7-3-1-5-12-9(7)10-8(11)4-2-6-13-10/h5-31H,1-4H3;5-26H,1-4H3;1-6H. The number of carbonyl (C=O) groups excluding carboxylic acids is 1. The second-order valence-electron chi connectivity index (χ2n) is 37.8. The van der Waals surface area contributed by atoms with Crippen LogP contribution in [-0.2, 0) is 27.1 Å². The highest BCUT2D eigenvalue weighted by Gasteiger charge is 2.55. The van der Waals surface area contributed by atoms with Crippen molar-refractivity contribution in [2.45, 2.75) is 82.5 Å².